The lowest BCUT2D eigenvalue weighted by Crippen LogP contribution is -2.33. The Hall–Kier alpha value is -3.52. The van der Waals surface area contributed by atoms with Gasteiger partial charge in [0, 0.05) is 35.0 Å². The van der Waals surface area contributed by atoms with Crippen molar-refractivity contribution in [2.75, 3.05) is 4.90 Å². The van der Waals surface area contributed by atoms with Gasteiger partial charge in [-0.1, -0.05) is 94.3 Å². The Morgan fingerprint density at radius 2 is 1.42 bits per heavy atom. The SMILES string of the molecule is C=C/C(=C\C=C\C)N(/C(C=C)=C/C=C/N(c1ccccc1)c1ccc(C)cc1)C(CCC)CCCC. The highest BCUT2D eigenvalue weighted by atomic mass is 15.2. The summed E-state index contributed by atoms with van der Waals surface area (Å²) < 4.78 is 0. The highest BCUT2D eigenvalue weighted by Crippen LogP contribution is 2.28. The van der Waals surface area contributed by atoms with E-state index < -0.39 is 0 Å². The molecule has 0 saturated carbocycles. The first kappa shape index (κ1) is 28.7. The van der Waals surface area contributed by atoms with E-state index in [9.17, 15) is 0 Å². The Balaban J connectivity index is 2.52. The van der Waals surface area contributed by atoms with Crippen molar-refractivity contribution in [3.8, 4) is 0 Å². The molecule has 2 heteroatoms. The minimum Gasteiger partial charge on any atom is -0.338 e. The summed E-state index contributed by atoms with van der Waals surface area (Å²) in [5, 5.41) is 0. The van der Waals surface area contributed by atoms with Crippen molar-refractivity contribution in [2.24, 2.45) is 0 Å². The summed E-state index contributed by atoms with van der Waals surface area (Å²) in [4.78, 5) is 4.63. The van der Waals surface area contributed by atoms with Crippen LogP contribution in [0, 0.1) is 6.92 Å². The fraction of sp³-hybridized carbons (Fsp3) is 0.294. The fourth-order valence-corrected chi connectivity index (χ4v) is 4.28. The van der Waals surface area contributed by atoms with Gasteiger partial charge in [-0.25, -0.2) is 0 Å². The van der Waals surface area contributed by atoms with E-state index in [0.29, 0.717) is 6.04 Å². The molecule has 0 spiro atoms. The number of rotatable bonds is 15. The predicted octanol–water partition coefficient (Wildman–Crippen LogP) is 10.0. The zero-order chi connectivity index (χ0) is 26.2. The van der Waals surface area contributed by atoms with Crippen LogP contribution in [0.2, 0.25) is 0 Å². The molecule has 0 radical (unpaired) electrons. The summed E-state index contributed by atoms with van der Waals surface area (Å²) in [7, 11) is 0. The summed E-state index contributed by atoms with van der Waals surface area (Å²) in [6, 6.07) is 19.5. The van der Waals surface area contributed by atoms with Crippen LogP contribution in [0.5, 0.6) is 0 Å². The lowest BCUT2D eigenvalue weighted by atomic mass is 10.0. The van der Waals surface area contributed by atoms with Gasteiger partial charge in [0.2, 0.25) is 0 Å². The van der Waals surface area contributed by atoms with Crippen LogP contribution >= 0.6 is 0 Å². The molecule has 0 aliphatic carbocycles. The average Bonchev–Trinajstić information content (AvgIpc) is 2.91. The Kier molecular flexibility index (Phi) is 12.9. The number of aryl methyl sites for hydroxylation is 1. The molecule has 0 amide bonds. The van der Waals surface area contributed by atoms with E-state index in [1.807, 2.05) is 25.1 Å². The molecule has 2 nitrogen and oxygen atoms in total. The van der Waals surface area contributed by atoms with Crippen molar-refractivity contribution < 1.29 is 0 Å². The van der Waals surface area contributed by atoms with Crippen molar-refractivity contribution in [2.45, 2.75) is 65.8 Å². The molecular weight excluding hydrogens is 436 g/mol. The monoisotopic (exact) mass is 480 g/mol. The maximum atomic E-state index is 4.19. The number of benzene rings is 2. The predicted molar refractivity (Wildman–Crippen MR) is 160 cm³/mol. The lowest BCUT2D eigenvalue weighted by molar-refractivity contribution is 0.287. The molecule has 36 heavy (non-hydrogen) atoms. The molecule has 1 unspecified atom stereocenters. The molecule has 0 aliphatic heterocycles. The van der Waals surface area contributed by atoms with Crippen LogP contribution in [0.3, 0.4) is 0 Å². The second kappa shape index (κ2) is 16.2. The molecule has 0 aliphatic rings. The maximum absolute atomic E-state index is 4.19. The summed E-state index contributed by atoms with van der Waals surface area (Å²) in [5.41, 5.74) is 5.67. The average molecular weight is 481 g/mol. The third-order valence-corrected chi connectivity index (χ3v) is 6.16. The van der Waals surface area contributed by atoms with Gasteiger partial charge in [-0.2, -0.15) is 0 Å². The number of nitrogens with zero attached hydrogens (tertiary/aromatic N) is 2. The Bertz CT molecular complexity index is 1040. The highest BCUT2D eigenvalue weighted by molar-refractivity contribution is 5.66. The number of hydrogen-bond donors (Lipinski definition) is 0. The number of para-hydroxylation sites is 1. The van der Waals surface area contributed by atoms with E-state index in [4.69, 9.17) is 0 Å². The largest absolute Gasteiger partial charge is 0.338 e. The van der Waals surface area contributed by atoms with Crippen LogP contribution in [-0.4, -0.2) is 10.9 Å². The number of unbranched alkanes of at least 4 members (excludes halogenated alkanes) is 1. The van der Waals surface area contributed by atoms with Gasteiger partial charge in [0.25, 0.3) is 0 Å². The van der Waals surface area contributed by atoms with Crippen LogP contribution in [-0.2, 0) is 0 Å². The molecule has 2 aromatic rings. The van der Waals surface area contributed by atoms with E-state index in [2.05, 4.69) is 129 Å². The van der Waals surface area contributed by atoms with Crippen molar-refractivity contribution in [1.29, 1.82) is 0 Å². The first-order valence-corrected chi connectivity index (χ1v) is 13.3. The molecule has 0 saturated heterocycles. The Morgan fingerprint density at radius 1 is 0.806 bits per heavy atom. The van der Waals surface area contributed by atoms with Crippen LogP contribution in [0.25, 0.3) is 0 Å². The zero-order valence-electron chi connectivity index (χ0n) is 22.7. The third-order valence-electron chi connectivity index (χ3n) is 6.16. The Morgan fingerprint density at radius 3 is 1.97 bits per heavy atom. The van der Waals surface area contributed by atoms with Gasteiger partial charge >= 0.3 is 0 Å². The van der Waals surface area contributed by atoms with E-state index >= 15 is 0 Å². The Labute approximate surface area is 220 Å². The minimum absolute atomic E-state index is 0.393. The molecule has 2 rings (SSSR count). The summed E-state index contributed by atoms with van der Waals surface area (Å²) in [6.45, 7) is 17.0. The summed E-state index contributed by atoms with van der Waals surface area (Å²) in [5.74, 6) is 0. The highest BCUT2D eigenvalue weighted by Gasteiger charge is 2.20. The van der Waals surface area contributed by atoms with E-state index in [1.165, 1.54) is 18.4 Å². The van der Waals surface area contributed by atoms with Crippen molar-refractivity contribution >= 4 is 11.4 Å². The molecular formula is C34H44N2. The van der Waals surface area contributed by atoms with Gasteiger partial charge in [0.1, 0.15) is 0 Å². The molecule has 0 aromatic heterocycles. The molecule has 2 aromatic carbocycles. The fourth-order valence-electron chi connectivity index (χ4n) is 4.28. The quantitative estimate of drug-likeness (QED) is 0.234. The standard InChI is InChI=1S/C34H44N2/c1-7-12-19-30(10-4)36(34(18-9-3)20-13-8-2)31(11-5)23-17-28-35(32-21-15-14-16-22-32)33-26-24-29(6)25-27-33/h7,10-12,14-17,19,21-28,34H,4-5,8-9,13,18,20H2,1-3,6H3/b12-7+,28-17+,30-19+,31-23+. The van der Waals surface area contributed by atoms with Crippen molar-refractivity contribution in [3.05, 3.63) is 133 Å². The van der Waals surface area contributed by atoms with Gasteiger partial charge in [-0.05, 0) is 81.3 Å². The second-order valence-electron chi connectivity index (χ2n) is 8.95. The number of hydrogen-bond acceptors (Lipinski definition) is 2. The zero-order valence-corrected chi connectivity index (χ0v) is 22.7. The van der Waals surface area contributed by atoms with E-state index in [0.717, 1.165) is 42.0 Å². The molecule has 0 bridgehead atoms. The molecule has 0 heterocycles. The van der Waals surface area contributed by atoms with Crippen LogP contribution < -0.4 is 4.90 Å². The summed E-state index contributed by atoms with van der Waals surface area (Å²) >= 11 is 0. The number of allylic oxidation sites excluding steroid dienone is 7. The van der Waals surface area contributed by atoms with Crippen molar-refractivity contribution in [3.63, 3.8) is 0 Å². The lowest BCUT2D eigenvalue weighted by Gasteiger charge is -2.35. The first-order valence-electron chi connectivity index (χ1n) is 13.3. The molecule has 0 fully saturated rings. The van der Waals surface area contributed by atoms with Crippen LogP contribution in [0.4, 0.5) is 11.4 Å². The van der Waals surface area contributed by atoms with Gasteiger partial charge < -0.3 is 9.80 Å². The normalized spacial score (nSPS) is 13.2. The maximum Gasteiger partial charge on any atom is 0.0455 e. The molecule has 1 atom stereocenters. The van der Waals surface area contributed by atoms with Crippen LogP contribution in [0.15, 0.2) is 128 Å². The molecule has 190 valence electrons. The topological polar surface area (TPSA) is 6.48 Å². The van der Waals surface area contributed by atoms with Crippen LogP contribution in [0.1, 0.15) is 58.4 Å². The first-order chi connectivity index (χ1) is 17.6. The van der Waals surface area contributed by atoms with Crippen molar-refractivity contribution in [1.82, 2.24) is 4.90 Å². The third kappa shape index (κ3) is 8.61. The van der Waals surface area contributed by atoms with E-state index in [1.54, 1.807) is 0 Å². The van der Waals surface area contributed by atoms with Gasteiger partial charge in [-0.3, -0.25) is 0 Å². The number of anilines is 2. The van der Waals surface area contributed by atoms with Gasteiger partial charge in [0.15, 0.2) is 0 Å². The summed E-state index contributed by atoms with van der Waals surface area (Å²) in [6.07, 6.45) is 22.4. The van der Waals surface area contributed by atoms with E-state index in [-0.39, 0.29) is 0 Å². The smallest absolute Gasteiger partial charge is 0.0455 e. The van der Waals surface area contributed by atoms with Gasteiger partial charge in [0.05, 0.1) is 0 Å². The van der Waals surface area contributed by atoms with Gasteiger partial charge in [-0.15, -0.1) is 0 Å². The molecule has 0 N–H and O–H groups in total. The second-order valence-corrected chi connectivity index (χ2v) is 8.95. The minimum atomic E-state index is 0.393.